The highest BCUT2D eigenvalue weighted by Gasteiger charge is 2.09. The van der Waals surface area contributed by atoms with E-state index in [2.05, 4.69) is 76.6 Å². The van der Waals surface area contributed by atoms with E-state index < -0.39 is 0 Å². The number of aryl methyl sites for hydroxylation is 3. The van der Waals surface area contributed by atoms with Crippen LogP contribution in [0.15, 0.2) is 79.5 Å². The van der Waals surface area contributed by atoms with Crippen molar-refractivity contribution in [3.8, 4) is 22.5 Å². The van der Waals surface area contributed by atoms with Gasteiger partial charge in [-0.2, -0.15) is 0 Å². The molecule has 5 aromatic rings. The zero-order chi connectivity index (χ0) is 22.8. The molecule has 0 radical (unpaired) electrons. The van der Waals surface area contributed by atoms with Crippen LogP contribution in [0.2, 0.25) is 0 Å². The summed E-state index contributed by atoms with van der Waals surface area (Å²) < 4.78 is 0. The first-order valence-electron chi connectivity index (χ1n) is 11.0. The van der Waals surface area contributed by atoms with Crippen molar-refractivity contribution in [2.45, 2.75) is 27.3 Å². The van der Waals surface area contributed by atoms with E-state index in [1.807, 2.05) is 44.0 Å². The fraction of sp³-hybridized carbons (Fsp3) is 0.143. The Morgan fingerprint density at radius 3 is 2.45 bits per heavy atom. The van der Waals surface area contributed by atoms with Gasteiger partial charge in [0.25, 0.3) is 0 Å². The molecule has 4 heterocycles. The lowest BCUT2D eigenvalue weighted by molar-refractivity contribution is 1.08. The van der Waals surface area contributed by atoms with Crippen LogP contribution in [0.1, 0.15) is 22.3 Å². The summed E-state index contributed by atoms with van der Waals surface area (Å²) in [4.78, 5) is 18.2. The molecular formula is C28H25N5. The molecule has 5 rings (SSSR count). The molecule has 0 aliphatic heterocycles. The second-order valence-corrected chi connectivity index (χ2v) is 8.43. The minimum atomic E-state index is 0.637. The second kappa shape index (κ2) is 8.79. The second-order valence-electron chi connectivity index (χ2n) is 8.43. The first-order chi connectivity index (χ1) is 16.1. The molecule has 33 heavy (non-hydrogen) atoms. The molecule has 4 aromatic heterocycles. The standard InChI is InChI=1S/C28H25N5/c1-18-5-4-6-23(9-18)27-20(3)11-21(14-32-27)15-33-28-25-17-31-26(12-22(25)7-8-30-28)24-10-19(2)13-29-16-24/h4-14,16-17H,15H2,1-3H3,(H,30,33). The molecule has 0 bridgehead atoms. The molecule has 0 amide bonds. The lowest BCUT2D eigenvalue weighted by Crippen LogP contribution is -2.03. The first-order valence-corrected chi connectivity index (χ1v) is 11.0. The van der Waals surface area contributed by atoms with Gasteiger partial charge in [0.1, 0.15) is 5.82 Å². The Hall–Kier alpha value is -4.12. The third-order valence-corrected chi connectivity index (χ3v) is 5.71. The highest BCUT2D eigenvalue weighted by Crippen LogP contribution is 2.27. The predicted molar refractivity (Wildman–Crippen MR) is 134 cm³/mol. The van der Waals surface area contributed by atoms with E-state index in [0.717, 1.165) is 55.8 Å². The number of anilines is 1. The Bertz CT molecular complexity index is 1460. The lowest BCUT2D eigenvalue weighted by Gasteiger charge is -2.12. The molecule has 0 atom stereocenters. The molecule has 5 heteroatoms. The van der Waals surface area contributed by atoms with Crippen molar-refractivity contribution in [3.63, 3.8) is 0 Å². The highest BCUT2D eigenvalue weighted by molar-refractivity contribution is 5.93. The molecule has 0 aliphatic carbocycles. The number of hydrogen-bond acceptors (Lipinski definition) is 5. The van der Waals surface area contributed by atoms with Gasteiger partial charge in [0, 0.05) is 54.0 Å². The summed E-state index contributed by atoms with van der Waals surface area (Å²) in [5, 5.41) is 5.54. The molecular weight excluding hydrogens is 406 g/mol. The van der Waals surface area contributed by atoms with Gasteiger partial charge >= 0.3 is 0 Å². The Morgan fingerprint density at radius 2 is 1.64 bits per heavy atom. The Balaban J connectivity index is 1.38. The van der Waals surface area contributed by atoms with Gasteiger partial charge < -0.3 is 5.32 Å². The van der Waals surface area contributed by atoms with Crippen LogP contribution in [0.4, 0.5) is 5.82 Å². The molecule has 5 nitrogen and oxygen atoms in total. The summed E-state index contributed by atoms with van der Waals surface area (Å²) in [5.74, 6) is 0.814. The molecule has 1 N–H and O–H groups in total. The molecule has 162 valence electrons. The summed E-state index contributed by atoms with van der Waals surface area (Å²) in [6, 6.07) is 16.8. The molecule has 0 saturated heterocycles. The molecule has 0 unspecified atom stereocenters. The Labute approximate surface area is 193 Å². The van der Waals surface area contributed by atoms with Crippen molar-refractivity contribution < 1.29 is 0 Å². The summed E-state index contributed by atoms with van der Waals surface area (Å²) in [6.07, 6.45) is 9.33. The van der Waals surface area contributed by atoms with Gasteiger partial charge in [0.05, 0.1) is 11.4 Å². The van der Waals surface area contributed by atoms with E-state index in [-0.39, 0.29) is 0 Å². The normalized spacial score (nSPS) is 11.0. The average Bonchev–Trinajstić information content (AvgIpc) is 2.82. The van der Waals surface area contributed by atoms with Crippen LogP contribution in [-0.2, 0) is 6.54 Å². The first kappa shape index (κ1) is 20.8. The average molecular weight is 432 g/mol. The van der Waals surface area contributed by atoms with Crippen LogP contribution in [-0.4, -0.2) is 19.9 Å². The van der Waals surface area contributed by atoms with E-state index in [1.54, 1.807) is 0 Å². The fourth-order valence-corrected chi connectivity index (χ4v) is 4.07. The van der Waals surface area contributed by atoms with Crippen LogP contribution in [0, 0.1) is 20.8 Å². The molecule has 0 aliphatic rings. The number of fused-ring (bicyclic) bond motifs is 1. The molecule has 0 fully saturated rings. The van der Waals surface area contributed by atoms with Crippen LogP contribution < -0.4 is 5.32 Å². The number of pyridine rings is 4. The maximum atomic E-state index is 4.74. The van der Waals surface area contributed by atoms with Gasteiger partial charge in [0.15, 0.2) is 0 Å². The minimum absolute atomic E-state index is 0.637. The van der Waals surface area contributed by atoms with E-state index in [1.165, 1.54) is 5.56 Å². The van der Waals surface area contributed by atoms with Crippen molar-refractivity contribution in [2.24, 2.45) is 0 Å². The molecule has 0 saturated carbocycles. The number of aromatic nitrogens is 4. The van der Waals surface area contributed by atoms with Gasteiger partial charge in [0.2, 0.25) is 0 Å². The van der Waals surface area contributed by atoms with Crippen molar-refractivity contribution in [3.05, 3.63) is 102 Å². The van der Waals surface area contributed by atoms with Crippen LogP contribution in [0.25, 0.3) is 33.3 Å². The zero-order valence-corrected chi connectivity index (χ0v) is 19.0. The molecule has 0 spiro atoms. The third-order valence-electron chi connectivity index (χ3n) is 5.71. The van der Waals surface area contributed by atoms with Crippen molar-refractivity contribution >= 4 is 16.6 Å². The zero-order valence-electron chi connectivity index (χ0n) is 19.0. The minimum Gasteiger partial charge on any atom is -0.365 e. The van der Waals surface area contributed by atoms with E-state index in [0.29, 0.717) is 6.54 Å². The predicted octanol–water partition coefficient (Wildman–Crippen LogP) is 6.29. The van der Waals surface area contributed by atoms with Crippen LogP contribution in [0.3, 0.4) is 0 Å². The van der Waals surface area contributed by atoms with E-state index in [9.17, 15) is 0 Å². The van der Waals surface area contributed by atoms with Crippen molar-refractivity contribution in [1.82, 2.24) is 19.9 Å². The topological polar surface area (TPSA) is 63.6 Å². The highest BCUT2D eigenvalue weighted by atomic mass is 15.0. The summed E-state index contributed by atoms with van der Waals surface area (Å²) in [6.45, 7) is 6.88. The van der Waals surface area contributed by atoms with Crippen molar-refractivity contribution in [2.75, 3.05) is 5.32 Å². The quantitative estimate of drug-likeness (QED) is 0.354. The van der Waals surface area contributed by atoms with Crippen LogP contribution >= 0.6 is 0 Å². The number of nitrogens with zero attached hydrogens (tertiary/aromatic N) is 4. The maximum Gasteiger partial charge on any atom is 0.135 e. The number of benzene rings is 1. The van der Waals surface area contributed by atoms with Gasteiger partial charge in [-0.25, -0.2) is 4.98 Å². The lowest BCUT2D eigenvalue weighted by atomic mass is 10.0. The maximum absolute atomic E-state index is 4.74. The van der Waals surface area contributed by atoms with Gasteiger partial charge in [-0.1, -0.05) is 29.8 Å². The van der Waals surface area contributed by atoms with Gasteiger partial charge in [-0.15, -0.1) is 0 Å². The van der Waals surface area contributed by atoms with Gasteiger partial charge in [-0.3, -0.25) is 15.0 Å². The SMILES string of the molecule is Cc1cncc(-c2cc3ccnc(NCc4cnc(-c5cccc(C)c5)c(C)c4)c3cn2)c1. The van der Waals surface area contributed by atoms with Crippen molar-refractivity contribution in [1.29, 1.82) is 0 Å². The largest absolute Gasteiger partial charge is 0.365 e. The smallest absolute Gasteiger partial charge is 0.135 e. The summed E-state index contributed by atoms with van der Waals surface area (Å²) in [7, 11) is 0. The Morgan fingerprint density at radius 1 is 0.758 bits per heavy atom. The monoisotopic (exact) mass is 431 g/mol. The Kier molecular flexibility index (Phi) is 5.53. The number of hydrogen-bond donors (Lipinski definition) is 1. The van der Waals surface area contributed by atoms with Gasteiger partial charge in [-0.05, 0) is 67.1 Å². The number of rotatable bonds is 5. The van der Waals surface area contributed by atoms with E-state index >= 15 is 0 Å². The van der Waals surface area contributed by atoms with E-state index in [4.69, 9.17) is 4.98 Å². The van der Waals surface area contributed by atoms with Crippen LogP contribution in [0.5, 0.6) is 0 Å². The fourth-order valence-electron chi connectivity index (χ4n) is 4.07. The number of nitrogens with one attached hydrogen (secondary N) is 1. The third kappa shape index (κ3) is 4.44. The summed E-state index contributed by atoms with van der Waals surface area (Å²) >= 11 is 0. The summed E-state index contributed by atoms with van der Waals surface area (Å²) in [5.41, 5.74) is 8.70. The molecule has 1 aromatic carbocycles.